The number of aromatic carboxylic acids is 1. The second-order valence-corrected chi connectivity index (χ2v) is 5.22. The quantitative estimate of drug-likeness (QED) is 0.706. The molecule has 0 fully saturated rings. The molecular weight excluding hydrogens is 284 g/mol. The largest absolute Gasteiger partial charge is 0.478 e. The molecule has 1 atom stereocenters. The standard InChI is InChI=1S/C16H14N2O4/c1-8-4-3-5-10-6-11-14(17-13(8)10)12(16(21)22)7-18(9(2)19)15(11)20/h3-7,9,19H,1-2H3,(H,21,22). The normalized spacial score (nSPS) is 12.7. The van der Waals surface area contributed by atoms with Gasteiger partial charge in [0.2, 0.25) is 0 Å². The predicted octanol–water partition coefficient (Wildman–Crippen LogP) is 2.07. The molecule has 2 aromatic heterocycles. The number of pyridine rings is 2. The maximum Gasteiger partial charge on any atom is 0.339 e. The Morgan fingerprint density at radius 3 is 2.68 bits per heavy atom. The average Bonchev–Trinajstić information content (AvgIpc) is 2.46. The summed E-state index contributed by atoms with van der Waals surface area (Å²) in [5.41, 5.74) is 1.12. The molecule has 3 aromatic rings. The highest BCUT2D eigenvalue weighted by Crippen LogP contribution is 2.23. The highest BCUT2D eigenvalue weighted by molar-refractivity contribution is 6.04. The molecule has 112 valence electrons. The van der Waals surface area contributed by atoms with E-state index in [1.165, 1.54) is 6.92 Å². The summed E-state index contributed by atoms with van der Waals surface area (Å²) in [5.74, 6) is -1.19. The summed E-state index contributed by atoms with van der Waals surface area (Å²) in [6.45, 7) is 3.27. The van der Waals surface area contributed by atoms with Gasteiger partial charge in [-0.1, -0.05) is 18.2 Å². The average molecular weight is 298 g/mol. The van der Waals surface area contributed by atoms with E-state index in [1.807, 2.05) is 25.1 Å². The number of aromatic nitrogens is 2. The van der Waals surface area contributed by atoms with Crippen LogP contribution in [0.4, 0.5) is 0 Å². The van der Waals surface area contributed by atoms with Crippen LogP contribution >= 0.6 is 0 Å². The third-order valence-electron chi connectivity index (χ3n) is 3.67. The summed E-state index contributed by atoms with van der Waals surface area (Å²) >= 11 is 0. The summed E-state index contributed by atoms with van der Waals surface area (Å²) < 4.78 is 0.995. The van der Waals surface area contributed by atoms with Crippen LogP contribution in [-0.2, 0) is 0 Å². The fourth-order valence-electron chi connectivity index (χ4n) is 2.55. The lowest BCUT2D eigenvalue weighted by molar-refractivity contribution is 0.0695. The van der Waals surface area contributed by atoms with Gasteiger partial charge in [-0.15, -0.1) is 0 Å². The van der Waals surface area contributed by atoms with Crippen LogP contribution in [0.25, 0.3) is 21.8 Å². The van der Waals surface area contributed by atoms with Crippen molar-refractivity contribution < 1.29 is 15.0 Å². The van der Waals surface area contributed by atoms with Crippen LogP contribution < -0.4 is 5.56 Å². The first-order valence-corrected chi connectivity index (χ1v) is 6.76. The van der Waals surface area contributed by atoms with Gasteiger partial charge in [0.1, 0.15) is 11.8 Å². The first kappa shape index (κ1) is 14.2. The summed E-state index contributed by atoms with van der Waals surface area (Å²) in [7, 11) is 0. The Labute approximate surface area is 125 Å². The molecule has 1 unspecified atom stereocenters. The van der Waals surface area contributed by atoms with Crippen molar-refractivity contribution in [3.05, 3.63) is 51.9 Å². The van der Waals surface area contributed by atoms with E-state index in [4.69, 9.17) is 0 Å². The van der Waals surface area contributed by atoms with E-state index in [9.17, 15) is 19.8 Å². The van der Waals surface area contributed by atoms with E-state index in [-0.39, 0.29) is 16.5 Å². The number of rotatable bonds is 2. The number of carboxylic acid groups (broad SMARTS) is 1. The molecule has 2 heterocycles. The van der Waals surface area contributed by atoms with E-state index in [2.05, 4.69) is 4.98 Å². The minimum Gasteiger partial charge on any atom is -0.478 e. The fraction of sp³-hybridized carbons (Fsp3) is 0.188. The molecule has 2 N–H and O–H groups in total. The van der Waals surface area contributed by atoms with Gasteiger partial charge < -0.3 is 10.2 Å². The molecule has 0 aliphatic carbocycles. The lowest BCUT2D eigenvalue weighted by Gasteiger charge is -2.13. The van der Waals surface area contributed by atoms with Crippen LogP contribution in [0, 0.1) is 6.92 Å². The van der Waals surface area contributed by atoms with Crippen LogP contribution in [-0.4, -0.2) is 25.7 Å². The first-order valence-electron chi connectivity index (χ1n) is 6.76. The number of hydrogen-bond donors (Lipinski definition) is 2. The summed E-state index contributed by atoms with van der Waals surface area (Å²) in [6.07, 6.45) is 0.0117. The molecule has 0 saturated carbocycles. The minimum atomic E-state index is -1.19. The Morgan fingerprint density at radius 1 is 1.32 bits per heavy atom. The van der Waals surface area contributed by atoms with Gasteiger partial charge in [0.05, 0.1) is 16.4 Å². The van der Waals surface area contributed by atoms with Gasteiger partial charge in [0, 0.05) is 11.6 Å². The fourth-order valence-corrected chi connectivity index (χ4v) is 2.55. The van der Waals surface area contributed by atoms with Gasteiger partial charge in [-0.3, -0.25) is 9.36 Å². The van der Waals surface area contributed by atoms with Gasteiger partial charge in [-0.25, -0.2) is 9.78 Å². The van der Waals surface area contributed by atoms with Gasteiger partial charge >= 0.3 is 5.97 Å². The highest BCUT2D eigenvalue weighted by atomic mass is 16.4. The van der Waals surface area contributed by atoms with Crippen molar-refractivity contribution in [2.45, 2.75) is 20.1 Å². The predicted molar refractivity (Wildman–Crippen MR) is 82.1 cm³/mol. The van der Waals surface area contributed by atoms with Crippen LogP contribution in [0.1, 0.15) is 29.1 Å². The van der Waals surface area contributed by atoms with Crippen LogP contribution in [0.5, 0.6) is 0 Å². The number of fused-ring (bicyclic) bond motifs is 2. The van der Waals surface area contributed by atoms with Crippen molar-refractivity contribution >= 4 is 27.8 Å². The number of benzene rings is 1. The zero-order chi connectivity index (χ0) is 16.0. The van der Waals surface area contributed by atoms with Crippen molar-refractivity contribution in [3.8, 4) is 0 Å². The molecule has 0 radical (unpaired) electrons. The molecule has 0 aliphatic rings. The number of aliphatic hydroxyl groups excluding tert-OH is 1. The molecule has 0 amide bonds. The Morgan fingerprint density at radius 2 is 2.05 bits per heavy atom. The van der Waals surface area contributed by atoms with E-state index in [1.54, 1.807) is 6.07 Å². The van der Waals surface area contributed by atoms with Crippen molar-refractivity contribution in [2.24, 2.45) is 0 Å². The molecule has 0 spiro atoms. The number of hydrogen-bond acceptors (Lipinski definition) is 4. The highest BCUT2D eigenvalue weighted by Gasteiger charge is 2.18. The number of aliphatic hydroxyl groups is 1. The molecule has 6 nitrogen and oxygen atoms in total. The summed E-state index contributed by atoms with van der Waals surface area (Å²) in [6, 6.07) is 7.16. The van der Waals surface area contributed by atoms with Crippen molar-refractivity contribution in [1.29, 1.82) is 0 Å². The second-order valence-electron chi connectivity index (χ2n) is 5.22. The molecule has 0 aliphatic heterocycles. The lowest BCUT2D eigenvalue weighted by Crippen LogP contribution is -2.25. The smallest absolute Gasteiger partial charge is 0.339 e. The third-order valence-corrected chi connectivity index (χ3v) is 3.67. The molecule has 22 heavy (non-hydrogen) atoms. The zero-order valence-corrected chi connectivity index (χ0v) is 12.1. The summed E-state index contributed by atoms with van der Waals surface area (Å²) in [5, 5.41) is 20.0. The van der Waals surface area contributed by atoms with E-state index in [0.29, 0.717) is 5.52 Å². The topological polar surface area (TPSA) is 92.4 Å². The van der Waals surface area contributed by atoms with Crippen LogP contribution in [0.2, 0.25) is 0 Å². The third kappa shape index (κ3) is 2.05. The molecule has 0 saturated heterocycles. The monoisotopic (exact) mass is 298 g/mol. The number of aryl methyl sites for hydroxylation is 1. The summed E-state index contributed by atoms with van der Waals surface area (Å²) in [4.78, 5) is 28.3. The van der Waals surface area contributed by atoms with Gasteiger partial charge in [-0.05, 0) is 25.5 Å². The van der Waals surface area contributed by atoms with E-state index < -0.39 is 17.8 Å². The molecular formula is C16H14N2O4. The van der Waals surface area contributed by atoms with E-state index >= 15 is 0 Å². The first-order chi connectivity index (χ1) is 10.4. The van der Waals surface area contributed by atoms with Gasteiger partial charge in [0.15, 0.2) is 0 Å². The number of carboxylic acids is 1. The molecule has 1 aromatic carbocycles. The Bertz CT molecular complexity index is 973. The zero-order valence-electron chi connectivity index (χ0n) is 12.1. The number of para-hydroxylation sites is 1. The van der Waals surface area contributed by atoms with Crippen molar-refractivity contribution in [1.82, 2.24) is 9.55 Å². The number of nitrogens with zero attached hydrogens (tertiary/aromatic N) is 2. The maximum absolute atomic E-state index is 12.4. The van der Waals surface area contributed by atoms with Crippen molar-refractivity contribution in [3.63, 3.8) is 0 Å². The lowest BCUT2D eigenvalue weighted by atomic mass is 10.1. The minimum absolute atomic E-state index is 0.111. The van der Waals surface area contributed by atoms with Crippen molar-refractivity contribution in [2.75, 3.05) is 0 Å². The second kappa shape index (κ2) is 4.92. The number of carbonyl (C=O) groups is 1. The molecule has 6 heteroatoms. The molecule has 3 rings (SSSR count). The molecule has 0 bridgehead atoms. The van der Waals surface area contributed by atoms with Gasteiger partial charge in [-0.2, -0.15) is 0 Å². The van der Waals surface area contributed by atoms with Crippen LogP contribution in [0.3, 0.4) is 0 Å². The SMILES string of the molecule is Cc1cccc2cc3c(=O)n(C(C)O)cc(C(=O)O)c3nc12. The van der Waals surface area contributed by atoms with E-state index in [0.717, 1.165) is 21.7 Å². The Kier molecular flexibility index (Phi) is 3.18. The Hall–Kier alpha value is -2.73. The van der Waals surface area contributed by atoms with Crippen LogP contribution in [0.15, 0.2) is 35.3 Å². The van der Waals surface area contributed by atoms with Gasteiger partial charge in [0.25, 0.3) is 5.56 Å². The maximum atomic E-state index is 12.4. The Balaban J connectivity index is 2.56.